The Balaban J connectivity index is 2.43. The molecule has 0 N–H and O–H groups in total. The van der Waals surface area contributed by atoms with E-state index in [0.717, 1.165) is 11.1 Å². The number of nitrogens with zero attached hydrogens (tertiary/aromatic N) is 1. The van der Waals surface area contributed by atoms with E-state index in [1.165, 1.54) is 12.1 Å². The Morgan fingerprint density at radius 3 is 2.59 bits per heavy atom. The van der Waals surface area contributed by atoms with Gasteiger partial charge in [0.25, 0.3) is 0 Å². The number of isocyanates is 1. The van der Waals surface area contributed by atoms with Crippen molar-refractivity contribution in [2.24, 2.45) is 4.99 Å². The van der Waals surface area contributed by atoms with Crippen LogP contribution in [0.25, 0.3) is 11.1 Å². The third-order valence-corrected chi connectivity index (χ3v) is 2.44. The number of halogens is 1. The van der Waals surface area contributed by atoms with Gasteiger partial charge in [-0.15, -0.1) is 0 Å². The van der Waals surface area contributed by atoms with Crippen molar-refractivity contribution in [3.8, 4) is 11.1 Å². The molecule has 2 rings (SSSR count). The molecule has 0 aromatic heterocycles. The van der Waals surface area contributed by atoms with E-state index >= 15 is 0 Å². The largest absolute Gasteiger partial charge is 0.235 e. The maximum atomic E-state index is 13.7. The highest BCUT2D eigenvalue weighted by atomic mass is 19.1. The third-order valence-electron chi connectivity index (χ3n) is 2.44. The van der Waals surface area contributed by atoms with Crippen LogP contribution < -0.4 is 0 Å². The minimum Gasteiger partial charge on any atom is -0.211 e. The van der Waals surface area contributed by atoms with E-state index in [2.05, 4.69) is 4.99 Å². The standard InChI is InChI=1S/C14H10FNO/c15-14-7-6-11(9-16-10-17)8-13(14)12-4-2-1-3-5-12/h1-8H,9H2. The van der Waals surface area contributed by atoms with Crippen molar-refractivity contribution in [3.63, 3.8) is 0 Å². The van der Waals surface area contributed by atoms with Gasteiger partial charge in [-0.3, -0.25) is 0 Å². The lowest BCUT2D eigenvalue weighted by molar-refractivity contribution is 0.563. The molecule has 0 radical (unpaired) electrons. The molecule has 2 aromatic carbocycles. The summed E-state index contributed by atoms with van der Waals surface area (Å²) >= 11 is 0. The van der Waals surface area contributed by atoms with E-state index in [0.29, 0.717) is 5.56 Å². The first-order valence-corrected chi connectivity index (χ1v) is 5.19. The molecule has 0 aliphatic heterocycles. The van der Waals surface area contributed by atoms with E-state index in [4.69, 9.17) is 0 Å². The van der Waals surface area contributed by atoms with Gasteiger partial charge in [-0.1, -0.05) is 36.4 Å². The monoisotopic (exact) mass is 227 g/mol. The Morgan fingerprint density at radius 1 is 1.12 bits per heavy atom. The summed E-state index contributed by atoms with van der Waals surface area (Å²) in [5, 5.41) is 0. The van der Waals surface area contributed by atoms with Gasteiger partial charge in [0, 0.05) is 5.56 Å². The van der Waals surface area contributed by atoms with Crippen LogP contribution in [-0.2, 0) is 11.3 Å². The van der Waals surface area contributed by atoms with Crippen molar-refractivity contribution in [2.75, 3.05) is 0 Å². The number of benzene rings is 2. The molecule has 2 aromatic rings. The number of carbonyl (C=O) groups excluding carboxylic acids is 1. The van der Waals surface area contributed by atoms with Crippen molar-refractivity contribution in [3.05, 3.63) is 59.9 Å². The SMILES string of the molecule is O=C=NCc1ccc(F)c(-c2ccccc2)c1. The average molecular weight is 227 g/mol. The van der Waals surface area contributed by atoms with Crippen LogP contribution in [0.3, 0.4) is 0 Å². The van der Waals surface area contributed by atoms with Crippen molar-refractivity contribution in [2.45, 2.75) is 6.54 Å². The molecule has 0 atom stereocenters. The molecule has 0 saturated carbocycles. The number of hydrogen-bond acceptors (Lipinski definition) is 2. The van der Waals surface area contributed by atoms with Crippen LogP contribution in [0.1, 0.15) is 5.56 Å². The second kappa shape index (κ2) is 5.19. The Morgan fingerprint density at radius 2 is 1.88 bits per heavy atom. The molecule has 0 aliphatic rings. The molecule has 0 fully saturated rings. The molecule has 0 unspecified atom stereocenters. The molecule has 0 aliphatic carbocycles. The first-order valence-electron chi connectivity index (χ1n) is 5.19. The Labute approximate surface area is 98.4 Å². The maximum absolute atomic E-state index is 13.7. The van der Waals surface area contributed by atoms with Gasteiger partial charge in [-0.25, -0.2) is 14.2 Å². The summed E-state index contributed by atoms with van der Waals surface area (Å²) in [4.78, 5) is 13.5. The average Bonchev–Trinajstić information content (AvgIpc) is 2.39. The minimum absolute atomic E-state index is 0.226. The van der Waals surface area contributed by atoms with Crippen molar-refractivity contribution in [1.82, 2.24) is 0 Å². The molecular formula is C14H10FNO. The number of aliphatic imine (C=N–C) groups is 1. The fourth-order valence-corrected chi connectivity index (χ4v) is 1.63. The Kier molecular flexibility index (Phi) is 3.43. The zero-order chi connectivity index (χ0) is 12.1. The summed E-state index contributed by atoms with van der Waals surface area (Å²) in [7, 11) is 0. The van der Waals surface area contributed by atoms with Gasteiger partial charge >= 0.3 is 0 Å². The Hall–Kier alpha value is -2.25. The van der Waals surface area contributed by atoms with Gasteiger partial charge in [0.2, 0.25) is 6.08 Å². The zero-order valence-electron chi connectivity index (χ0n) is 9.06. The second-order valence-corrected chi connectivity index (χ2v) is 3.59. The normalized spacial score (nSPS) is 9.71. The third kappa shape index (κ3) is 2.65. The number of hydrogen-bond donors (Lipinski definition) is 0. The molecule has 2 nitrogen and oxygen atoms in total. The van der Waals surface area contributed by atoms with E-state index in [1.54, 1.807) is 12.1 Å². The van der Waals surface area contributed by atoms with Crippen LogP contribution in [0, 0.1) is 5.82 Å². The fraction of sp³-hybridized carbons (Fsp3) is 0.0714. The first kappa shape index (κ1) is 11.2. The van der Waals surface area contributed by atoms with Crippen LogP contribution in [0.5, 0.6) is 0 Å². The van der Waals surface area contributed by atoms with E-state index < -0.39 is 0 Å². The molecular weight excluding hydrogens is 217 g/mol. The van der Waals surface area contributed by atoms with E-state index in [1.807, 2.05) is 30.3 Å². The van der Waals surface area contributed by atoms with Gasteiger partial charge in [-0.2, -0.15) is 0 Å². The van der Waals surface area contributed by atoms with Gasteiger partial charge in [0.15, 0.2) is 0 Å². The molecule has 0 saturated heterocycles. The van der Waals surface area contributed by atoms with Gasteiger partial charge in [0.05, 0.1) is 6.54 Å². The van der Waals surface area contributed by atoms with Crippen LogP contribution in [-0.4, -0.2) is 6.08 Å². The highest BCUT2D eigenvalue weighted by Gasteiger charge is 2.05. The van der Waals surface area contributed by atoms with Gasteiger partial charge in [0.1, 0.15) is 5.82 Å². The Bertz CT molecular complexity index is 560. The fourth-order valence-electron chi connectivity index (χ4n) is 1.63. The predicted molar refractivity (Wildman–Crippen MR) is 63.7 cm³/mol. The molecule has 84 valence electrons. The molecule has 0 spiro atoms. The second-order valence-electron chi connectivity index (χ2n) is 3.59. The maximum Gasteiger partial charge on any atom is 0.235 e. The minimum atomic E-state index is -0.282. The van der Waals surface area contributed by atoms with Crippen molar-refractivity contribution in [1.29, 1.82) is 0 Å². The van der Waals surface area contributed by atoms with Gasteiger partial charge < -0.3 is 0 Å². The molecule has 0 bridgehead atoms. The molecule has 0 heterocycles. The molecule has 17 heavy (non-hydrogen) atoms. The van der Waals surface area contributed by atoms with Crippen molar-refractivity contribution < 1.29 is 9.18 Å². The smallest absolute Gasteiger partial charge is 0.211 e. The summed E-state index contributed by atoms with van der Waals surface area (Å²) in [5.74, 6) is -0.282. The quantitative estimate of drug-likeness (QED) is 0.584. The predicted octanol–water partition coefficient (Wildman–Crippen LogP) is 3.33. The summed E-state index contributed by atoms with van der Waals surface area (Å²) in [6.45, 7) is 0.226. The lowest BCUT2D eigenvalue weighted by Crippen LogP contribution is -1.88. The zero-order valence-corrected chi connectivity index (χ0v) is 9.06. The summed E-state index contributed by atoms with van der Waals surface area (Å²) < 4.78 is 13.7. The summed E-state index contributed by atoms with van der Waals surface area (Å²) in [5.41, 5.74) is 2.11. The van der Waals surface area contributed by atoms with Crippen molar-refractivity contribution >= 4 is 6.08 Å². The highest BCUT2D eigenvalue weighted by Crippen LogP contribution is 2.23. The molecule has 0 amide bonds. The first-order chi connectivity index (χ1) is 8.31. The van der Waals surface area contributed by atoms with Crippen LogP contribution in [0.4, 0.5) is 4.39 Å². The lowest BCUT2D eigenvalue weighted by Gasteiger charge is -2.05. The van der Waals surface area contributed by atoms with E-state index in [-0.39, 0.29) is 12.4 Å². The topological polar surface area (TPSA) is 29.4 Å². The molecule has 3 heteroatoms. The lowest BCUT2D eigenvalue weighted by atomic mass is 10.0. The van der Waals surface area contributed by atoms with Crippen LogP contribution in [0.15, 0.2) is 53.5 Å². The van der Waals surface area contributed by atoms with E-state index in [9.17, 15) is 9.18 Å². The van der Waals surface area contributed by atoms with Gasteiger partial charge in [-0.05, 0) is 23.3 Å². The highest BCUT2D eigenvalue weighted by molar-refractivity contribution is 5.64. The summed E-state index contributed by atoms with van der Waals surface area (Å²) in [6, 6.07) is 14.0. The number of rotatable bonds is 3. The van der Waals surface area contributed by atoms with Crippen LogP contribution >= 0.6 is 0 Å². The van der Waals surface area contributed by atoms with Crippen LogP contribution in [0.2, 0.25) is 0 Å². The summed E-state index contributed by atoms with van der Waals surface area (Å²) in [6.07, 6.45) is 1.47.